The minimum absolute atomic E-state index is 0.145. The Bertz CT molecular complexity index is 1220. The van der Waals surface area contributed by atoms with Crippen molar-refractivity contribution in [1.29, 1.82) is 0 Å². The standard InChI is InChI=1S/C35H56N8O6/c1-4-5-6-7-8-9-10-11-15-20-27-31(42-43-36)33(46)38-23-29(44)39-28(32(45)41-30(25(2)3)34(47)40-27)21-16-17-22-37-35(48)49-24-26-18-13-12-14-19-26/h12-14,18-19,25,27-28,30-31H,4-11,15-17,20-24H2,1-3H3,(H,37,48)(H,38,46)(H,39,44)(H,40,47)(H,41,45)/t27-,28+,30+,31-/m1/s1. The highest BCUT2D eigenvalue weighted by molar-refractivity contribution is 5.94. The number of rotatable bonds is 19. The molecule has 5 amide bonds. The fourth-order valence-corrected chi connectivity index (χ4v) is 5.64. The lowest BCUT2D eigenvalue weighted by Crippen LogP contribution is -2.57. The number of azide groups is 1. The molecule has 14 heteroatoms. The van der Waals surface area contributed by atoms with Gasteiger partial charge in [-0.25, -0.2) is 4.79 Å². The molecule has 49 heavy (non-hydrogen) atoms. The van der Waals surface area contributed by atoms with Crippen LogP contribution in [0.3, 0.4) is 0 Å². The molecule has 1 aliphatic heterocycles. The molecule has 0 unspecified atom stereocenters. The molecule has 0 aromatic heterocycles. The number of unbranched alkanes of at least 4 members (excludes halogenated alkanes) is 9. The molecule has 5 N–H and O–H groups in total. The summed E-state index contributed by atoms with van der Waals surface area (Å²) in [5.41, 5.74) is 10.1. The third-order valence-corrected chi connectivity index (χ3v) is 8.50. The first-order valence-electron chi connectivity index (χ1n) is 17.8. The van der Waals surface area contributed by atoms with Crippen molar-refractivity contribution in [2.45, 2.75) is 135 Å². The number of carbonyl (C=O) groups is 5. The molecular weight excluding hydrogens is 628 g/mol. The van der Waals surface area contributed by atoms with Gasteiger partial charge in [-0.1, -0.05) is 114 Å². The molecule has 1 aromatic rings. The molecule has 0 aliphatic carbocycles. The van der Waals surface area contributed by atoms with Gasteiger partial charge in [0.15, 0.2) is 0 Å². The Morgan fingerprint density at radius 3 is 2.18 bits per heavy atom. The van der Waals surface area contributed by atoms with E-state index in [1.54, 1.807) is 13.8 Å². The zero-order valence-electron chi connectivity index (χ0n) is 29.4. The van der Waals surface area contributed by atoms with E-state index in [2.05, 4.69) is 43.5 Å². The Hall–Kier alpha value is -4.32. The quantitative estimate of drug-likeness (QED) is 0.0592. The Balaban J connectivity index is 2.01. The van der Waals surface area contributed by atoms with E-state index < -0.39 is 60.4 Å². The Labute approximate surface area is 290 Å². The van der Waals surface area contributed by atoms with E-state index in [1.807, 2.05) is 30.3 Å². The summed E-state index contributed by atoms with van der Waals surface area (Å²) in [7, 11) is 0. The van der Waals surface area contributed by atoms with Gasteiger partial charge in [0.2, 0.25) is 23.6 Å². The molecule has 1 aromatic carbocycles. The minimum atomic E-state index is -1.28. The first kappa shape index (κ1) is 40.9. The molecule has 1 aliphatic rings. The van der Waals surface area contributed by atoms with Crippen molar-refractivity contribution in [2.75, 3.05) is 13.1 Å². The molecule has 14 nitrogen and oxygen atoms in total. The third-order valence-electron chi connectivity index (χ3n) is 8.50. The van der Waals surface area contributed by atoms with Crippen LogP contribution in [0.4, 0.5) is 4.79 Å². The van der Waals surface area contributed by atoms with Gasteiger partial charge in [0, 0.05) is 17.5 Å². The van der Waals surface area contributed by atoms with Gasteiger partial charge in [0.05, 0.1) is 6.54 Å². The van der Waals surface area contributed by atoms with Gasteiger partial charge in [-0.3, -0.25) is 19.2 Å². The first-order chi connectivity index (χ1) is 23.7. The van der Waals surface area contributed by atoms with Crippen LogP contribution in [0.15, 0.2) is 35.4 Å². The lowest BCUT2D eigenvalue weighted by atomic mass is 9.97. The van der Waals surface area contributed by atoms with Gasteiger partial charge >= 0.3 is 6.09 Å². The van der Waals surface area contributed by atoms with E-state index in [-0.39, 0.29) is 18.9 Å². The lowest BCUT2D eigenvalue weighted by molar-refractivity contribution is -0.133. The lowest BCUT2D eigenvalue weighted by Gasteiger charge is -2.28. The number of nitrogens with zero attached hydrogens (tertiary/aromatic N) is 3. The maximum Gasteiger partial charge on any atom is 0.407 e. The Morgan fingerprint density at radius 1 is 0.878 bits per heavy atom. The number of ether oxygens (including phenoxy) is 1. The van der Waals surface area contributed by atoms with Crippen molar-refractivity contribution in [2.24, 2.45) is 11.0 Å². The van der Waals surface area contributed by atoms with E-state index in [4.69, 9.17) is 4.74 Å². The van der Waals surface area contributed by atoms with E-state index in [1.165, 1.54) is 32.1 Å². The summed E-state index contributed by atoms with van der Waals surface area (Å²) in [5.74, 6) is -2.65. The molecule has 0 radical (unpaired) electrons. The summed E-state index contributed by atoms with van der Waals surface area (Å²) < 4.78 is 5.21. The van der Waals surface area contributed by atoms with Crippen LogP contribution in [0.5, 0.6) is 0 Å². The van der Waals surface area contributed by atoms with Crippen LogP contribution in [0.1, 0.15) is 110 Å². The number of nitrogens with one attached hydrogen (secondary N) is 5. The SMILES string of the molecule is CCCCCCCCCCC[C@H]1NC(=O)[C@H](C(C)C)NC(=O)[C@H](CCCCNC(=O)OCc2ccccc2)NC(=O)CNC(=O)[C@@H]1N=[N+]=[N-]. The molecule has 2 rings (SSSR count). The van der Waals surface area contributed by atoms with Gasteiger partial charge in [0.1, 0.15) is 24.7 Å². The summed E-state index contributed by atoms with van der Waals surface area (Å²) >= 11 is 0. The monoisotopic (exact) mass is 684 g/mol. The van der Waals surface area contributed by atoms with Crippen molar-refractivity contribution in [3.05, 3.63) is 46.3 Å². The zero-order chi connectivity index (χ0) is 35.9. The van der Waals surface area contributed by atoms with E-state index in [0.717, 1.165) is 24.8 Å². The summed E-state index contributed by atoms with van der Waals surface area (Å²) in [6, 6.07) is 5.24. The number of hydrogen-bond acceptors (Lipinski definition) is 7. The maximum atomic E-state index is 13.6. The van der Waals surface area contributed by atoms with Crippen LogP contribution in [0.25, 0.3) is 10.4 Å². The number of alkyl carbamates (subject to hydrolysis) is 1. The Kier molecular flexibility index (Phi) is 19.9. The highest BCUT2D eigenvalue weighted by Crippen LogP contribution is 2.16. The summed E-state index contributed by atoms with van der Waals surface area (Å²) in [6.07, 6.45) is 10.8. The molecule has 0 bridgehead atoms. The van der Waals surface area contributed by atoms with Gasteiger partial charge in [-0.05, 0) is 42.7 Å². The molecule has 0 spiro atoms. The van der Waals surface area contributed by atoms with Crippen LogP contribution in [-0.2, 0) is 30.5 Å². The zero-order valence-corrected chi connectivity index (χ0v) is 29.4. The molecular formula is C35H56N8O6. The number of benzene rings is 1. The molecule has 272 valence electrons. The van der Waals surface area contributed by atoms with E-state index in [9.17, 15) is 29.5 Å². The van der Waals surface area contributed by atoms with Crippen molar-refractivity contribution in [3.8, 4) is 0 Å². The molecule has 1 fully saturated rings. The molecule has 1 heterocycles. The number of amides is 5. The topological polar surface area (TPSA) is 203 Å². The van der Waals surface area contributed by atoms with Crippen molar-refractivity contribution < 1.29 is 28.7 Å². The minimum Gasteiger partial charge on any atom is -0.445 e. The summed E-state index contributed by atoms with van der Waals surface area (Å²) in [4.78, 5) is 68.0. The highest BCUT2D eigenvalue weighted by atomic mass is 16.5. The van der Waals surface area contributed by atoms with E-state index in [0.29, 0.717) is 32.2 Å². The van der Waals surface area contributed by atoms with Crippen LogP contribution < -0.4 is 26.6 Å². The van der Waals surface area contributed by atoms with E-state index >= 15 is 0 Å². The van der Waals surface area contributed by atoms with Gasteiger partial charge in [-0.2, -0.15) is 0 Å². The fraction of sp³-hybridized carbons (Fsp3) is 0.686. The predicted molar refractivity (Wildman–Crippen MR) is 187 cm³/mol. The van der Waals surface area contributed by atoms with Gasteiger partial charge in [0.25, 0.3) is 0 Å². The third kappa shape index (κ3) is 16.6. The average Bonchev–Trinajstić information content (AvgIpc) is 3.09. The second-order valence-electron chi connectivity index (χ2n) is 12.9. The normalized spacial score (nSPS) is 20.3. The van der Waals surface area contributed by atoms with Crippen LogP contribution in [0, 0.1) is 5.92 Å². The molecule has 4 atom stereocenters. The summed E-state index contributed by atoms with van der Waals surface area (Å²) in [6.45, 7) is 5.75. The van der Waals surface area contributed by atoms with Crippen LogP contribution in [0.2, 0.25) is 0 Å². The second-order valence-corrected chi connectivity index (χ2v) is 12.9. The Morgan fingerprint density at radius 2 is 1.53 bits per heavy atom. The number of carbonyl (C=O) groups excluding carboxylic acids is 5. The highest BCUT2D eigenvalue weighted by Gasteiger charge is 2.34. The summed E-state index contributed by atoms with van der Waals surface area (Å²) in [5, 5.41) is 17.2. The maximum absolute atomic E-state index is 13.6. The van der Waals surface area contributed by atoms with Gasteiger partial charge < -0.3 is 31.3 Å². The molecule has 1 saturated heterocycles. The van der Waals surface area contributed by atoms with Crippen molar-refractivity contribution in [1.82, 2.24) is 26.6 Å². The van der Waals surface area contributed by atoms with Gasteiger partial charge in [-0.15, -0.1) is 0 Å². The second kappa shape index (κ2) is 23.9. The largest absolute Gasteiger partial charge is 0.445 e. The molecule has 0 saturated carbocycles. The fourth-order valence-electron chi connectivity index (χ4n) is 5.64. The van der Waals surface area contributed by atoms with Crippen LogP contribution >= 0.6 is 0 Å². The first-order valence-corrected chi connectivity index (χ1v) is 17.8. The average molecular weight is 685 g/mol. The smallest absolute Gasteiger partial charge is 0.407 e. The predicted octanol–water partition coefficient (Wildman–Crippen LogP) is 4.92. The van der Waals surface area contributed by atoms with Crippen molar-refractivity contribution in [3.63, 3.8) is 0 Å². The number of hydrogen-bond donors (Lipinski definition) is 5. The van der Waals surface area contributed by atoms with Crippen molar-refractivity contribution >= 4 is 29.7 Å². The van der Waals surface area contributed by atoms with Crippen LogP contribution in [-0.4, -0.2) is 67.0 Å².